The zero-order chi connectivity index (χ0) is 32.4. The number of hydrogen-bond acceptors (Lipinski definition) is 11. The lowest BCUT2D eigenvalue weighted by Gasteiger charge is -2.29. The first-order valence-electron chi connectivity index (χ1n) is 12.5. The Kier molecular flexibility index (Phi) is 8.88. The minimum Gasteiger partial charge on any atom is -0.493 e. The van der Waals surface area contributed by atoms with Gasteiger partial charge >= 0.3 is 6.36 Å². The fraction of sp³-hybridized carbons (Fsp3) is 0.192. The molecule has 0 aliphatic heterocycles. The molecule has 45 heavy (non-hydrogen) atoms. The molecule has 0 aliphatic carbocycles. The summed E-state index contributed by atoms with van der Waals surface area (Å²) in [6.07, 6.45) is -2.23. The van der Waals surface area contributed by atoms with Crippen molar-refractivity contribution in [3.05, 3.63) is 88.9 Å². The Labute approximate surface area is 262 Å². The maximum absolute atomic E-state index is 13.3. The second-order valence-electron chi connectivity index (χ2n) is 9.27. The van der Waals surface area contributed by atoms with Crippen molar-refractivity contribution in [1.82, 2.24) is 34.4 Å². The molecule has 0 radical (unpaired) electrons. The maximum Gasteiger partial charge on any atom is 0.573 e. The van der Waals surface area contributed by atoms with Gasteiger partial charge in [0.2, 0.25) is 0 Å². The monoisotopic (exact) mass is 685 g/mol. The van der Waals surface area contributed by atoms with E-state index < -0.39 is 32.6 Å². The number of halogens is 5. The van der Waals surface area contributed by atoms with Crippen molar-refractivity contribution >= 4 is 33.2 Å². The summed E-state index contributed by atoms with van der Waals surface area (Å²) in [7, 11) is -3.11. The largest absolute Gasteiger partial charge is 0.573 e. The molecule has 1 N–H and O–H groups in total. The van der Waals surface area contributed by atoms with Crippen LogP contribution in [0, 0.1) is 0 Å². The molecule has 19 heteroatoms. The van der Waals surface area contributed by atoms with Crippen LogP contribution in [0.25, 0.3) is 11.4 Å². The van der Waals surface area contributed by atoms with E-state index in [0.29, 0.717) is 14.7 Å². The van der Waals surface area contributed by atoms with Crippen molar-refractivity contribution in [2.75, 3.05) is 13.7 Å². The summed E-state index contributed by atoms with van der Waals surface area (Å²) in [6, 6.07) is 12.4. The van der Waals surface area contributed by atoms with E-state index in [9.17, 15) is 26.7 Å². The first kappa shape index (κ1) is 32.0. The molecule has 0 bridgehead atoms. The summed E-state index contributed by atoms with van der Waals surface area (Å²) in [6.45, 7) is -0.436. The number of methoxy groups -OCH3 is 1. The number of aromatic nitrogens is 7. The summed E-state index contributed by atoms with van der Waals surface area (Å²) >= 11 is 12.5. The van der Waals surface area contributed by atoms with Gasteiger partial charge in [0.05, 0.1) is 18.6 Å². The van der Waals surface area contributed by atoms with Crippen molar-refractivity contribution < 1.29 is 40.9 Å². The Balaban J connectivity index is 1.42. The van der Waals surface area contributed by atoms with E-state index >= 15 is 0 Å². The normalized spacial score (nSPS) is 13.3. The van der Waals surface area contributed by atoms with Gasteiger partial charge in [-0.3, -0.25) is 0 Å². The molecular weight excluding hydrogens is 666 g/mol. The topological polar surface area (TPSA) is 156 Å². The van der Waals surface area contributed by atoms with Gasteiger partial charge in [-0.05, 0) is 65.0 Å². The Hall–Kier alpha value is -4.45. The second-order valence-corrected chi connectivity index (χ2v) is 11.9. The van der Waals surface area contributed by atoms with Gasteiger partial charge in [0.1, 0.15) is 30.6 Å². The number of rotatable bonds is 11. The van der Waals surface area contributed by atoms with Gasteiger partial charge in [-0.1, -0.05) is 29.3 Å². The van der Waals surface area contributed by atoms with E-state index in [-0.39, 0.29) is 41.1 Å². The first-order valence-corrected chi connectivity index (χ1v) is 14.7. The Bertz CT molecular complexity index is 1910. The van der Waals surface area contributed by atoms with Gasteiger partial charge in [0.15, 0.2) is 17.3 Å². The third kappa shape index (κ3) is 7.11. The van der Waals surface area contributed by atoms with E-state index in [2.05, 4.69) is 30.3 Å². The molecular formula is C26H20Cl2F3N7O6S. The molecule has 2 heterocycles. The zero-order valence-electron chi connectivity index (χ0n) is 22.8. The van der Waals surface area contributed by atoms with Gasteiger partial charge in [-0.2, -0.15) is 13.5 Å². The fourth-order valence-electron chi connectivity index (χ4n) is 4.20. The van der Waals surface area contributed by atoms with Crippen LogP contribution in [0.4, 0.5) is 13.2 Å². The maximum atomic E-state index is 13.3. The number of aliphatic hydroxyl groups is 1. The molecule has 0 fully saturated rings. The van der Waals surface area contributed by atoms with Crippen LogP contribution < -0.4 is 14.2 Å². The van der Waals surface area contributed by atoms with Crippen LogP contribution in [-0.4, -0.2) is 68.0 Å². The predicted molar refractivity (Wildman–Crippen MR) is 151 cm³/mol. The highest BCUT2D eigenvalue weighted by Crippen LogP contribution is 2.36. The number of alkyl halides is 3. The molecule has 13 nitrogen and oxygen atoms in total. The van der Waals surface area contributed by atoms with Crippen molar-refractivity contribution in [2.24, 2.45) is 0 Å². The van der Waals surface area contributed by atoms with E-state index in [0.717, 1.165) is 24.3 Å². The molecule has 0 spiro atoms. The van der Waals surface area contributed by atoms with Crippen molar-refractivity contribution in [1.29, 1.82) is 0 Å². The molecule has 0 aliphatic rings. The molecule has 0 saturated carbocycles. The number of hydrogen-bond donors (Lipinski definition) is 1. The third-order valence-corrected chi connectivity index (χ3v) is 8.35. The lowest BCUT2D eigenvalue weighted by molar-refractivity contribution is -0.274. The van der Waals surface area contributed by atoms with Crippen LogP contribution in [0.2, 0.25) is 10.0 Å². The molecule has 3 aromatic carbocycles. The smallest absolute Gasteiger partial charge is 0.493 e. The minimum atomic E-state index is -4.95. The standard InChI is InChI=1S/C26H20Cl2F3N7O6S/c1-42-23-10-16(24-34-35-36-38(24)45(40,41)19-6-4-18(5-7-19)44-26(29,30)31)2-9-22(23)43-13-25(39,12-37-15-32-14-33-37)20-8-3-17(27)11-21(20)28/h2-11,14-15,39H,12-13H2,1H3. The van der Waals surface area contributed by atoms with Crippen molar-refractivity contribution in [3.8, 4) is 28.6 Å². The summed E-state index contributed by atoms with van der Waals surface area (Å²) in [5.74, 6) is -0.555. The minimum absolute atomic E-state index is 0.0926. The molecule has 0 saturated heterocycles. The van der Waals surface area contributed by atoms with Crippen LogP contribution in [0.15, 0.2) is 78.2 Å². The van der Waals surface area contributed by atoms with Crippen LogP contribution in [-0.2, 0) is 22.2 Å². The third-order valence-electron chi connectivity index (χ3n) is 6.24. The average molecular weight is 686 g/mol. The number of benzene rings is 3. The van der Waals surface area contributed by atoms with E-state index in [1.165, 1.54) is 48.7 Å². The van der Waals surface area contributed by atoms with Gasteiger partial charge in [-0.15, -0.1) is 22.4 Å². The highest BCUT2D eigenvalue weighted by Gasteiger charge is 2.35. The van der Waals surface area contributed by atoms with E-state index in [1.54, 1.807) is 12.1 Å². The SMILES string of the molecule is COc1cc(-c2nnnn2S(=O)(=O)c2ccc(OC(F)(F)F)cc2)ccc1OCC(O)(Cn1cncn1)c1ccc(Cl)cc1Cl. The van der Waals surface area contributed by atoms with Crippen molar-refractivity contribution in [3.63, 3.8) is 0 Å². The predicted octanol–water partition coefficient (Wildman–Crippen LogP) is 4.35. The van der Waals surface area contributed by atoms with Crippen molar-refractivity contribution in [2.45, 2.75) is 23.4 Å². The summed E-state index contributed by atoms with van der Waals surface area (Å²) in [5, 5.41) is 27.1. The highest BCUT2D eigenvalue weighted by atomic mass is 35.5. The zero-order valence-corrected chi connectivity index (χ0v) is 25.1. The van der Waals surface area contributed by atoms with E-state index in [4.69, 9.17) is 32.7 Å². The van der Waals surface area contributed by atoms with Crippen LogP contribution >= 0.6 is 23.2 Å². The van der Waals surface area contributed by atoms with Crippen LogP contribution in [0.1, 0.15) is 5.56 Å². The molecule has 236 valence electrons. The van der Waals surface area contributed by atoms with Crippen LogP contribution in [0.3, 0.4) is 0 Å². The first-order chi connectivity index (χ1) is 21.3. The lowest BCUT2D eigenvalue weighted by Crippen LogP contribution is -2.38. The summed E-state index contributed by atoms with van der Waals surface area (Å²) in [4.78, 5) is 3.50. The average Bonchev–Trinajstić information content (AvgIpc) is 3.68. The summed E-state index contributed by atoms with van der Waals surface area (Å²) < 4.78 is 81.2. The Morgan fingerprint density at radius 2 is 1.76 bits per heavy atom. The number of tetrazole rings is 1. The molecule has 5 aromatic rings. The number of ether oxygens (including phenoxy) is 3. The molecule has 5 rings (SSSR count). The van der Waals surface area contributed by atoms with Crippen LogP contribution in [0.5, 0.6) is 17.2 Å². The summed E-state index contributed by atoms with van der Waals surface area (Å²) in [5.41, 5.74) is -1.23. The van der Waals surface area contributed by atoms with E-state index in [1.807, 2.05) is 0 Å². The quantitative estimate of drug-likeness (QED) is 0.211. The Morgan fingerprint density at radius 1 is 1.00 bits per heavy atom. The second kappa shape index (κ2) is 12.5. The fourth-order valence-corrected chi connectivity index (χ4v) is 5.97. The van der Waals surface area contributed by atoms with Gasteiger partial charge in [0, 0.05) is 21.2 Å². The van der Waals surface area contributed by atoms with Gasteiger partial charge < -0.3 is 19.3 Å². The number of nitrogens with zero attached hydrogens (tertiary/aromatic N) is 7. The van der Waals surface area contributed by atoms with Gasteiger partial charge in [-0.25, -0.2) is 9.67 Å². The molecule has 1 unspecified atom stereocenters. The Morgan fingerprint density at radius 3 is 2.40 bits per heavy atom. The highest BCUT2D eigenvalue weighted by molar-refractivity contribution is 7.90. The molecule has 0 amide bonds. The molecule has 1 atom stereocenters. The lowest BCUT2D eigenvalue weighted by atomic mass is 9.94. The molecule has 2 aromatic heterocycles. The van der Waals surface area contributed by atoms with Gasteiger partial charge in [0.25, 0.3) is 10.0 Å².